The van der Waals surface area contributed by atoms with Gasteiger partial charge in [0.1, 0.15) is 0 Å². The monoisotopic (exact) mass is 156 g/mol. The van der Waals surface area contributed by atoms with Gasteiger partial charge in [-0.05, 0) is 19.8 Å². The lowest BCUT2D eigenvalue weighted by molar-refractivity contribution is -0.131. The minimum absolute atomic E-state index is 0.263. The molecule has 0 unspecified atom stereocenters. The van der Waals surface area contributed by atoms with E-state index >= 15 is 0 Å². The van der Waals surface area contributed by atoms with Gasteiger partial charge in [0.05, 0.1) is 0 Å². The smallest absolute Gasteiger partial charge is 0.222 e. The molecule has 1 radical (unpaired) electrons. The first kappa shape index (κ1) is 10.5. The Bertz CT molecular complexity index is 112. The van der Waals surface area contributed by atoms with Gasteiger partial charge >= 0.3 is 0 Å². The van der Waals surface area contributed by atoms with Crippen LogP contribution in [-0.4, -0.2) is 23.9 Å². The Morgan fingerprint density at radius 2 is 2.09 bits per heavy atom. The van der Waals surface area contributed by atoms with Gasteiger partial charge in [0.2, 0.25) is 5.91 Å². The molecule has 0 bridgehead atoms. The van der Waals surface area contributed by atoms with Crippen LogP contribution in [0.2, 0.25) is 0 Å². The molecule has 0 aliphatic rings. The van der Waals surface area contributed by atoms with Crippen molar-refractivity contribution >= 4 is 5.91 Å². The molecule has 0 aromatic carbocycles. The van der Waals surface area contributed by atoms with Crippen molar-refractivity contribution in [3.05, 3.63) is 6.92 Å². The Kier molecular flexibility index (Phi) is 5.90. The summed E-state index contributed by atoms with van der Waals surface area (Å²) in [5, 5.41) is 0. The predicted octanol–water partition coefficient (Wildman–Crippen LogP) is 1.86. The van der Waals surface area contributed by atoms with E-state index in [-0.39, 0.29) is 5.91 Å². The summed E-state index contributed by atoms with van der Waals surface area (Å²) in [5.74, 6) is 0.263. The maximum absolute atomic E-state index is 11.3. The third kappa shape index (κ3) is 4.02. The van der Waals surface area contributed by atoms with E-state index in [4.69, 9.17) is 0 Å². The zero-order valence-electron chi connectivity index (χ0n) is 7.60. The molecule has 0 aliphatic heterocycles. The zero-order chi connectivity index (χ0) is 8.69. The minimum Gasteiger partial charge on any atom is -0.343 e. The highest BCUT2D eigenvalue weighted by Crippen LogP contribution is 1.97. The first-order valence-electron chi connectivity index (χ1n) is 4.33. The fourth-order valence-corrected chi connectivity index (χ4v) is 1.02. The Balaban J connectivity index is 3.71. The van der Waals surface area contributed by atoms with Crippen LogP contribution in [0.5, 0.6) is 0 Å². The highest BCUT2D eigenvalue weighted by Gasteiger charge is 2.07. The van der Waals surface area contributed by atoms with Crippen molar-refractivity contribution in [3.8, 4) is 0 Å². The van der Waals surface area contributed by atoms with Crippen LogP contribution in [0.25, 0.3) is 0 Å². The molecule has 1 amide bonds. The topological polar surface area (TPSA) is 20.3 Å². The van der Waals surface area contributed by atoms with Gasteiger partial charge in [-0.1, -0.05) is 13.8 Å². The minimum atomic E-state index is 0.263. The van der Waals surface area contributed by atoms with Gasteiger partial charge in [-0.15, -0.1) is 0 Å². The number of carbonyl (C=O) groups is 1. The first-order chi connectivity index (χ1) is 5.26. The molecular formula is C9H18NO. The average molecular weight is 156 g/mol. The second-order valence-corrected chi connectivity index (χ2v) is 2.58. The van der Waals surface area contributed by atoms with E-state index in [1.807, 2.05) is 18.7 Å². The number of carbonyl (C=O) groups excluding carboxylic acids is 1. The molecule has 0 saturated heterocycles. The van der Waals surface area contributed by atoms with Gasteiger partial charge in [0.15, 0.2) is 0 Å². The Morgan fingerprint density at radius 1 is 1.45 bits per heavy atom. The van der Waals surface area contributed by atoms with E-state index in [9.17, 15) is 4.79 Å². The second kappa shape index (κ2) is 6.20. The van der Waals surface area contributed by atoms with Crippen LogP contribution in [0.3, 0.4) is 0 Å². The van der Waals surface area contributed by atoms with Gasteiger partial charge < -0.3 is 4.90 Å². The molecule has 2 nitrogen and oxygen atoms in total. The van der Waals surface area contributed by atoms with E-state index < -0.39 is 0 Å². The van der Waals surface area contributed by atoms with Gasteiger partial charge in [0.25, 0.3) is 0 Å². The molecule has 65 valence electrons. The van der Waals surface area contributed by atoms with Crippen LogP contribution >= 0.6 is 0 Å². The predicted molar refractivity (Wildman–Crippen MR) is 47.1 cm³/mol. The first-order valence-corrected chi connectivity index (χ1v) is 4.33. The van der Waals surface area contributed by atoms with Crippen molar-refractivity contribution < 1.29 is 4.79 Å². The largest absolute Gasteiger partial charge is 0.343 e. The lowest BCUT2D eigenvalue weighted by Crippen LogP contribution is -2.31. The van der Waals surface area contributed by atoms with Crippen LogP contribution in [0.15, 0.2) is 0 Å². The van der Waals surface area contributed by atoms with Gasteiger partial charge in [-0.2, -0.15) is 0 Å². The zero-order valence-corrected chi connectivity index (χ0v) is 7.60. The Hall–Kier alpha value is -0.530. The molecular weight excluding hydrogens is 138 g/mol. The van der Waals surface area contributed by atoms with Crippen LogP contribution < -0.4 is 0 Å². The third-order valence-electron chi connectivity index (χ3n) is 1.63. The normalized spacial score (nSPS) is 9.73. The van der Waals surface area contributed by atoms with Crippen molar-refractivity contribution in [2.45, 2.75) is 33.1 Å². The van der Waals surface area contributed by atoms with Crippen molar-refractivity contribution in [2.24, 2.45) is 0 Å². The maximum Gasteiger partial charge on any atom is 0.222 e. The van der Waals surface area contributed by atoms with Crippen LogP contribution in [0, 0.1) is 6.92 Å². The Labute approximate surface area is 69.6 Å². The molecule has 0 aromatic heterocycles. The summed E-state index contributed by atoms with van der Waals surface area (Å²) in [6.07, 6.45) is 2.42. The average Bonchev–Trinajstić information content (AvgIpc) is 2.00. The van der Waals surface area contributed by atoms with Crippen LogP contribution in [0.1, 0.15) is 33.1 Å². The summed E-state index contributed by atoms with van der Waals surface area (Å²) < 4.78 is 0. The lowest BCUT2D eigenvalue weighted by Gasteiger charge is -2.19. The summed E-state index contributed by atoms with van der Waals surface area (Å²) in [6, 6.07) is 0. The van der Waals surface area contributed by atoms with E-state index in [0.717, 1.165) is 25.9 Å². The maximum atomic E-state index is 11.3. The van der Waals surface area contributed by atoms with Crippen molar-refractivity contribution in [2.75, 3.05) is 13.1 Å². The molecule has 0 fully saturated rings. The second-order valence-electron chi connectivity index (χ2n) is 2.58. The van der Waals surface area contributed by atoms with Crippen molar-refractivity contribution in [1.29, 1.82) is 0 Å². The quantitative estimate of drug-likeness (QED) is 0.595. The molecule has 0 rings (SSSR count). The number of nitrogens with zero attached hydrogens (tertiary/aromatic N) is 1. The summed E-state index contributed by atoms with van der Waals surface area (Å²) in [6.45, 7) is 9.36. The molecule has 0 N–H and O–H groups in total. The lowest BCUT2D eigenvalue weighted by atomic mass is 10.3. The number of hydrogen-bond donors (Lipinski definition) is 0. The third-order valence-corrected chi connectivity index (χ3v) is 1.63. The van der Waals surface area contributed by atoms with Gasteiger partial charge in [0, 0.05) is 19.5 Å². The summed E-state index contributed by atoms with van der Waals surface area (Å²) in [7, 11) is 0. The van der Waals surface area contributed by atoms with Crippen molar-refractivity contribution in [1.82, 2.24) is 4.90 Å². The Morgan fingerprint density at radius 3 is 2.45 bits per heavy atom. The molecule has 0 aromatic rings. The summed E-state index contributed by atoms with van der Waals surface area (Å²) >= 11 is 0. The molecule has 0 saturated carbocycles. The summed E-state index contributed by atoms with van der Waals surface area (Å²) in [5.41, 5.74) is 0. The van der Waals surface area contributed by atoms with E-state index in [2.05, 4.69) is 6.92 Å². The molecule has 0 aliphatic carbocycles. The molecule has 0 heterocycles. The SMILES string of the molecule is [CH2]CCN(CC)C(=O)CCC. The fraction of sp³-hybridized carbons (Fsp3) is 0.778. The van der Waals surface area contributed by atoms with Crippen LogP contribution in [-0.2, 0) is 4.79 Å². The van der Waals surface area contributed by atoms with Crippen molar-refractivity contribution in [3.63, 3.8) is 0 Å². The standard InChI is InChI=1S/C9H18NO/c1-4-7-9(11)10(6-3)8-5-2/h2,4-8H2,1,3H3. The highest BCUT2D eigenvalue weighted by atomic mass is 16.2. The van der Waals surface area contributed by atoms with E-state index in [1.165, 1.54) is 0 Å². The van der Waals surface area contributed by atoms with Crippen LogP contribution in [0.4, 0.5) is 0 Å². The number of amides is 1. The molecule has 0 spiro atoms. The molecule has 2 heteroatoms. The number of hydrogen-bond acceptors (Lipinski definition) is 1. The van der Waals surface area contributed by atoms with Gasteiger partial charge in [-0.3, -0.25) is 4.79 Å². The summed E-state index contributed by atoms with van der Waals surface area (Å²) in [4.78, 5) is 13.1. The molecule has 0 atom stereocenters. The molecule has 11 heavy (non-hydrogen) atoms. The highest BCUT2D eigenvalue weighted by molar-refractivity contribution is 5.75. The van der Waals surface area contributed by atoms with E-state index in [0.29, 0.717) is 6.42 Å². The fourth-order valence-electron chi connectivity index (χ4n) is 1.02. The van der Waals surface area contributed by atoms with E-state index in [1.54, 1.807) is 0 Å². The van der Waals surface area contributed by atoms with Gasteiger partial charge in [-0.25, -0.2) is 0 Å². The number of rotatable bonds is 5.